The highest BCUT2D eigenvalue weighted by Gasteiger charge is 2.25. The Kier molecular flexibility index (Phi) is 6.35. The van der Waals surface area contributed by atoms with Crippen molar-refractivity contribution >= 4 is 22.5 Å². The van der Waals surface area contributed by atoms with E-state index in [0.717, 1.165) is 67.4 Å². The molecule has 2 saturated heterocycles. The van der Waals surface area contributed by atoms with Crippen LogP contribution in [-0.2, 0) is 4.74 Å². The van der Waals surface area contributed by atoms with Crippen molar-refractivity contribution in [2.45, 2.75) is 57.7 Å². The third-order valence-corrected chi connectivity index (χ3v) is 6.84. The van der Waals surface area contributed by atoms with Crippen molar-refractivity contribution in [3.05, 3.63) is 41.6 Å². The van der Waals surface area contributed by atoms with Crippen LogP contribution in [0.5, 0.6) is 0 Å². The lowest BCUT2D eigenvalue weighted by molar-refractivity contribution is 0.0856. The number of aromatic nitrogens is 4. The fraction of sp³-hybridized carbons (Fsp3) is 0.520. The molecule has 0 radical (unpaired) electrons. The van der Waals surface area contributed by atoms with Crippen molar-refractivity contribution in [2.75, 3.05) is 36.5 Å². The molecule has 0 spiro atoms. The minimum atomic E-state index is -0.139. The summed E-state index contributed by atoms with van der Waals surface area (Å²) in [7, 11) is 0. The van der Waals surface area contributed by atoms with Gasteiger partial charge < -0.3 is 25.3 Å². The summed E-state index contributed by atoms with van der Waals surface area (Å²) >= 11 is 0. The molecule has 3 N–H and O–H groups in total. The molecule has 9 nitrogen and oxygen atoms in total. The monoisotopic (exact) mass is 460 g/mol. The van der Waals surface area contributed by atoms with E-state index in [-0.39, 0.29) is 6.04 Å². The molecule has 2 fully saturated rings. The van der Waals surface area contributed by atoms with Crippen LogP contribution in [0, 0.1) is 11.3 Å². The molecule has 0 saturated carbocycles. The van der Waals surface area contributed by atoms with Gasteiger partial charge in [0.2, 0.25) is 0 Å². The summed E-state index contributed by atoms with van der Waals surface area (Å²) < 4.78 is 5.56. The molecule has 0 aliphatic carbocycles. The van der Waals surface area contributed by atoms with Gasteiger partial charge in [-0.15, -0.1) is 0 Å². The van der Waals surface area contributed by atoms with Gasteiger partial charge in [-0.3, -0.25) is 4.98 Å². The largest absolute Gasteiger partial charge is 0.381 e. The third-order valence-electron chi connectivity index (χ3n) is 6.84. The lowest BCUT2D eigenvalue weighted by Crippen LogP contribution is -2.54. The van der Waals surface area contributed by atoms with Crippen molar-refractivity contribution in [2.24, 2.45) is 0 Å². The average Bonchev–Trinajstić information content (AvgIpc) is 3.29. The smallest absolute Gasteiger partial charge is 0.147 e. The minimum Gasteiger partial charge on any atom is -0.381 e. The highest BCUT2D eigenvalue weighted by Crippen LogP contribution is 2.38. The molecule has 178 valence electrons. The van der Waals surface area contributed by atoms with Gasteiger partial charge >= 0.3 is 0 Å². The van der Waals surface area contributed by atoms with Gasteiger partial charge in [0.05, 0.1) is 35.4 Å². The van der Waals surface area contributed by atoms with Gasteiger partial charge in [0.25, 0.3) is 0 Å². The van der Waals surface area contributed by atoms with Gasteiger partial charge in [0.15, 0.2) is 0 Å². The Labute approximate surface area is 200 Å². The van der Waals surface area contributed by atoms with Crippen LogP contribution >= 0.6 is 0 Å². The summed E-state index contributed by atoms with van der Waals surface area (Å²) in [6, 6.07) is 2.97. The fourth-order valence-corrected chi connectivity index (χ4v) is 5.22. The molecule has 0 bridgehead atoms. The molecule has 5 rings (SSSR count). The summed E-state index contributed by atoms with van der Waals surface area (Å²) in [6.07, 6.45) is 9.24. The average molecular weight is 461 g/mol. The Morgan fingerprint density at radius 1 is 1.18 bits per heavy atom. The molecular formula is C25H32N8O. The maximum absolute atomic E-state index is 9.86. The maximum atomic E-state index is 9.86. The van der Waals surface area contributed by atoms with E-state index in [1.54, 1.807) is 12.4 Å². The van der Waals surface area contributed by atoms with Crippen molar-refractivity contribution in [3.63, 3.8) is 0 Å². The van der Waals surface area contributed by atoms with E-state index in [4.69, 9.17) is 9.72 Å². The van der Waals surface area contributed by atoms with Crippen molar-refractivity contribution in [1.29, 1.82) is 5.26 Å². The number of pyridine rings is 1. The molecule has 34 heavy (non-hydrogen) atoms. The number of piperazine rings is 1. The maximum Gasteiger partial charge on any atom is 0.147 e. The van der Waals surface area contributed by atoms with Crippen LogP contribution in [0.4, 0.5) is 11.5 Å². The van der Waals surface area contributed by atoms with Crippen LogP contribution in [-0.4, -0.2) is 58.3 Å². The first-order valence-corrected chi connectivity index (χ1v) is 12.1. The normalized spacial score (nSPS) is 22.5. The van der Waals surface area contributed by atoms with Crippen LogP contribution in [0.3, 0.4) is 0 Å². The van der Waals surface area contributed by atoms with Crippen molar-refractivity contribution in [3.8, 4) is 6.07 Å². The molecule has 0 aromatic carbocycles. The first-order chi connectivity index (χ1) is 16.5. The van der Waals surface area contributed by atoms with E-state index in [9.17, 15) is 5.26 Å². The van der Waals surface area contributed by atoms with Gasteiger partial charge in [0.1, 0.15) is 17.5 Å². The predicted octanol–water partition coefficient (Wildman–Crippen LogP) is 3.48. The topological polar surface area (TPSA) is 115 Å². The number of nitrogens with zero attached hydrogens (tertiary/aromatic N) is 5. The number of fused-ring (bicyclic) bond motifs is 1. The number of ether oxygens (including phenoxy) is 1. The molecule has 2 aliphatic heterocycles. The molecule has 3 aromatic heterocycles. The zero-order valence-electron chi connectivity index (χ0n) is 20.0. The molecule has 1 unspecified atom stereocenters. The summed E-state index contributed by atoms with van der Waals surface area (Å²) in [5.41, 5.74) is 4.16. The molecule has 2 aliphatic rings. The van der Waals surface area contributed by atoms with Crippen LogP contribution in [0.2, 0.25) is 0 Å². The quantitative estimate of drug-likeness (QED) is 0.530. The number of rotatable bonds is 5. The van der Waals surface area contributed by atoms with Gasteiger partial charge in [-0.2, -0.15) is 5.26 Å². The molecule has 5 heterocycles. The van der Waals surface area contributed by atoms with Crippen molar-refractivity contribution < 1.29 is 4.74 Å². The Morgan fingerprint density at radius 3 is 2.68 bits per heavy atom. The standard InChI is InChI=1S/C25H32N8O/c1-15-13-33(14-16(2)30-15)22-12-27-11-21(32-22)17(3)31-24-19(8-26)9-28-25-23(24)20(10-29-25)18-4-6-34-7-5-18/h9-12,15-18,30H,4-7,13-14H2,1-3H3,(H2,28,29,31)/t15-,16+,17?. The van der Waals surface area contributed by atoms with Crippen LogP contribution in [0.1, 0.15) is 62.4 Å². The van der Waals surface area contributed by atoms with E-state index in [0.29, 0.717) is 23.6 Å². The van der Waals surface area contributed by atoms with E-state index >= 15 is 0 Å². The van der Waals surface area contributed by atoms with Crippen LogP contribution in [0.15, 0.2) is 24.8 Å². The SMILES string of the molecule is CC(Nc1c(C#N)cnc2[nH]cc(C3CCOCC3)c12)c1cncc(N2C[C@@H](C)N[C@@H](C)C2)n1. The molecular weight excluding hydrogens is 428 g/mol. The zero-order chi connectivity index (χ0) is 23.7. The summed E-state index contributed by atoms with van der Waals surface area (Å²) in [4.78, 5) is 19.5. The van der Waals surface area contributed by atoms with Gasteiger partial charge in [-0.25, -0.2) is 9.97 Å². The number of hydrogen-bond donors (Lipinski definition) is 3. The molecule has 3 atom stereocenters. The van der Waals surface area contributed by atoms with Gasteiger partial charge in [-0.05, 0) is 45.1 Å². The molecule has 0 amide bonds. The zero-order valence-corrected chi connectivity index (χ0v) is 20.0. The Morgan fingerprint density at radius 2 is 1.94 bits per heavy atom. The lowest BCUT2D eigenvalue weighted by atomic mass is 9.91. The van der Waals surface area contributed by atoms with Gasteiger partial charge in [-0.1, -0.05) is 0 Å². The lowest BCUT2D eigenvalue weighted by Gasteiger charge is -2.36. The second-order valence-electron chi connectivity index (χ2n) is 9.55. The second kappa shape index (κ2) is 9.57. The highest BCUT2D eigenvalue weighted by atomic mass is 16.5. The minimum absolute atomic E-state index is 0.139. The van der Waals surface area contributed by atoms with E-state index in [1.807, 2.05) is 12.4 Å². The Hall–Kier alpha value is -3.22. The number of nitriles is 1. The number of hydrogen-bond acceptors (Lipinski definition) is 8. The number of anilines is 2. The molecule has 9 heteroatoms. The Balaban J connectivity index is 1.46. The number of aromatic amines is 1. The first kappa shape index (κ1) is 22.6. The van der Waals surface area contributed by atoms with Crippen LogP contribution < -0.4 is 15.5 Å². The van der Waals surface area contributed by atoms with Gasteiger partial charge in [0, 0.05) is 56.2 Å². The van der Waals surface area contributed by atoms with Crippen LogP contribution in [0.25, 0.3) is 11.0 Å². The number of nitrogens with one attached hydrogen (secondary N) is 3. The summed E-state index contributed by atoms with van der Waals surface area (Å²) in [6.45, 7) is 9.74. The van der Waals surface area contributed by atoms with Crippen molar-refractivity contribution in [1.82, 2.24) is 25.3 Å². The van der Waals surface area contributed by atoms with E-state index < -0.39 is 0 Å². The highest BCUT2D eigenvalue weighted by molar-refractivity contribution is 5.95. The third kappa shape index (κ3) is 4.43. The predicted molar refractivity (Wildman–Crippen MR) is 132 cm³/mol. The summed E-state index contributed by atoms with van der Waals surface area (Å²) in [5, 5.41) is 18.0. The summed E-state index contributed by atoms with van der Waals surface area (Å²) in [5.74, 6) is 1.27. The number of H-pyrrole nitrogens is 1. The Bertz CT molecular complexity index is 1190. The van der Waals surface area contributed by atoms with E-state index in [2.05, 4.69) is 57.3 Å². The first-order valence-electron chi connectivity index (χ1n) is 12.1. The second-order valence-corrected chi connectivity index (χ2v) is 9.55. The molecule has 3 aromatic rings. The fourth-order valence-electron chi connectivity index (χ4n) is 5.22. The van der Waals surface area contributed by atoms with E-state index in [1.165, 1.54) is 5.56 Å².